The van der Waals surface area contributed by atoms with E-state index in [2.05, 4.69) is 17.0 Å². The molecule has 0 N–H and O–H groups in total. The van der Waals surface area contributed by atoms with Crippen LogP contribution in [0.1, 0.15) is 15.9 Å². The van der Waals surface area contributed by atoms with Crippen LogP contribution in [0.15, 0.2) is 63.8 Å². The highest BCUT2D eigenvalue weighted by atomic mass is 16.4. The number of nitrogens with zero attached hydrogens (tertiary/aromatic N) is 1. The quantitative estimate of drug-likeness (QED) is 0.536. The summed E-state index contributed by atoms with van der Waals surface area (Å²) < 4.78 is 5.22. The van der Waals surface area contributed by atoms with Crippen molar-refractivity contribution in [2.45, 2.75) is 6.42 Å². The molecule has 0 saturated heterocycles. The molecule has 0 fully saturated rings. The first-order chi connectivity index (χ1) is 11.2. The molecule has 0 aliphatic heterocycles. The zero-order valence-corrected chi connectivity index (χ0v) is 12.9. The first-order valence-corrected chi connectivity index (χ1v) is 7.45. The van der Waals surface area contributed by atoms with E-state index < -0.39 is 5.63 Å². The first-order valence-electron chi connectivity index (χ1n) is 7.45. The summed E-state index contributed by atoms with van der Waals surface area (Å²) in [7, 11) is 2.00. The van der Waals surface area contributed by atoms with Gasteiger partial charge in [-0.2, -0.15) is 0 Å². The van der Waals surface area contributed by atoms with Crippen LogP contribution in [-0.2, 0) is 6.42 Å². The zero-order valence-electron chi connectivity index (χ0n) is 12.9. The van der Waals surface area contributed by atoms with Gasteiger partial charge in [0.1, 0.15) is 11.1 Å². The maximum absolute atomic E-state index is 11.6. The van der Waals surface area contributed by atoms with E-state index in [-0.39, 0.29) is 5.56 Å². The molecule has 0 radical (unpaired) electrons. The van der Waals surface area contributed by atoms with E-state index >= 15 is 0 Å². The molecule has 3 rings (SSSR count). The summed E-state index contributed by atoms with van der Waals surface area (Å²) in [6.07, 6.45) is 1.45. The largest absolute Gasteiger partial charge is 0.422 e. The molecule has 4 heteroatoms. The number of likely N-dealkylation sites (N-methyl/N-ethyl adjacent to an activating group) is 1. The lowest BCUT2D eigenvalue weighted by Crippen LogP contribution is -2.20. The smallest absolute Gasteiger partial charge is 0.346 e. The van der Waals surface area contributed by atoms with Crippen LogP contribution in [-0.4, -0.2) is 19.9 Å². The summed E-state index contributed by atoms with van der Waals surface area (Å²) in [5.74, 6) is 0. The number of fused-ring (bicyclic) bond motifs is 1. The molecule has 23 heavy (non-hydrogen) atoms. The van der Waals surface area contributed by atoms with Crippen molar-refractivity contribution in [3.05, 3.63) is 76.1 Å². The Kier molecular flexibility index (Phi) is 4.24. The first kappa shape index (κ1) is 15.0. The highest BCUT2D eigenvalue weighted by Crippen LogP contribution is 2.21. The summed E-state index contributed by atoms with van der Waals surface area (Å²) in [4.78, 5) is 24.6. The molecule has 1 heterocycles. The van der Waals surface area contributed by atoms with E-state index in [0.29, 0.717) is 11.9 Å². The van der Waals surface area contributed by atoms with Gasteiger partial charge in [0.15, 0.2) is 6.29 Å². The molecule has 0 aliphatic rings. The van der Waals surface area contributed by atoms with Gasteiger partial charge in [0.05, 0.1) is 0 Å². The van der Waals surface area contributed by atoms with Gasteiger partial charge in [-0.1, -0.05) is 30.3 Å². The third kappa shape index (κ3) is 3.31. The fraction of sp³-hybridized carbons (Fsp3) is 0.158. The van der Waals surface area contributed by atoms with Crippen molar-refractivity contribution in [2.24, 2.45) is 0 Å². The predicted molar refractivity (Wildman–Crippen MR) is 91.3 cm³/mol. The van der Waals surface area contributed by atoms with Crippen LogP contribution in [0.25, 0.3) is 11.0 Å². The minimum atomic E-state index is -0.600. The fourth-order valence-corrected chi connectivity index (χ4v) is 2.51. The Balaban J connectivity index is 1.82. The van der Waals surface area contributed by atoms with Crippen molar-refractivity contribution in [1.29, 1.82) is 0 Å². The average Bonchev–Trinajstić information content (AvgIpc) is 2.59. The Bertz CT molecular complexity index is 884. The van der Waals surface area contributed by atoms with Gasteiger partial charge in [0.2, 0.25) is 0 Å². The molecule has 0 atom stereocenters. The van der Waals surface area contributed by atoms with Crippen molar-refractivity contribution in [1.82, 2.24) is 0 Å². The Labute approximate surface area is 134 Å². The number of aldehydes is 1. The van der Waals surface area contributed by atoms with Gasteiger partial charge in [0.25, 0.3) is 0 Å². The number of anilines is 1. The highest BCUT2D eigenvalue weighted by Gasteiger charge is 2.07. The summed E-state index contributed by atoms with van der Waals surface area (Å²) in [5.41, 5.74) is 2.18. The third-order valence-corrected chi connectivity index (χ3v) is 3.89. The molecule has 0 aliphatic carbocycles. The molecule has 116 valence electrons. The molecule has 0 saturated carbocycles. The molecule has 0 amide bonds. The van der Waals surface area contributed by atoms with E-state index in [4.69, 9.17) is 4.42 Å². The third-order valence-electron chi connectivity index (χ3n) is 3.89. The number of carbonyl (C=O) groups is 1. The molecule has 2 aromatic carbocycles. The number of hydrogen-bond donors (Lipinski definition) is 0. The molecule has 0 unspecified atom stereocenters. The molecular formula is C19H17NO3. The predicted octanol–water partition coefficient (Wildman–Crippen LogP) is 3.28. The van der Waals surface area contributed by atoms with Gasteiger partial charge in [0, 0.05) is 30.7 Å². The zero-order chi connectivity index (χ0) is 16.2. The van der Waals surface area contributed by atoms with Crippen LogP contribution in [0.4, 0.5) is 5.69 Å². The summed E-state index contributed by atoms with van der Waals surface area (Å²) >= 11 is 0. The Morgan fingerprint density at radius 2 is 1.87 bits per heavy atom. The summed E-state index contributed by atoms with van der Waals surface area (Å²) in [5, 5.41) is 0.743. The van der Waals surface area contributed by atoms with E-state index in [0.717, 1.165) is 24.0 Å². The van der Waals surface area contributed by atoms with Crippen LogP contribution >= 0.6 is 0 Å². The number of carbonyl (C=O) groups excluding carboxylic acids is 1. The van der Waals surface area contributed by atoms with Gasteiger partial charge in [-0.05, 0) is 30.2 Å². The number of hydrogen-bond acceptors (Lipinski definition) is 4. The van der Waals surface area contributed by atoms with Crippen molar-refractivity contribution in [3.63, 3.8) is 0 Å². The molecule has 3 aromatic rings. The summed E-state index contributed by atoms with van der Waals surface area (Å²) in [6.45, 7) is 0.853. The molecule has 4 nitrogen and oxygen atoms in total. The highest BCUT2D eigenvalue weighted by molar-refractivity contribution is 5.86. The van der Waals surface area contributed by atoms with Crippen LogP contribution < -0.4 is 10.5 Å². The van der Waals surface area contributed by atoms with Crippen LogP contribution in [0, 0.1) is 0 Å². The van der Waals surface area contributed by atoms with Crippen LogP contribution in [0.3, 0.4) is 0 Å². The van der Waals surface area contributed by atoms with Gasteiger partial charge < -0.3 is 9.32 Å². The normalized spacial score (nSPS) is 10.7. The van der Waals surface area contributed by atoms with E-state index in [9.17, 15) is 9.59 Å². The SMILES string of the molecule is CN(CCc1ccccc1)c1ccc2cc(C=O)c(=O)oc2c1. The van der Waals surface area contributed by atoms with E-state index in [1.807, 2.05) is 43.4 Å². The Morgan fingerprint density at radius 3 is 2.61 bits per heavy atom. The molecule has 1 aromatic heterocycles. The minimum absolute atomic E-state index is 0.0442. The Morgan fingerprint density at radius 1 is 1.09 bits per heavy atom. The maximum Gasteiger partial charge on any atom is 0.346 e. The monoisotopic (exact) mass is 307 g/mol. The second-order valence-corrected chi connectivity index (χ2v) is 5.49. The second-order valence-electron chi connectivity index (χ2n) is 5.49. The topological polar surface area (TPSA) is 50.5 Å². The fourth-order valence-electron chi connectivity index (χ4n) is 2.51. The molecule has 0 spiro atoms. The van der Waals surface area contributed by atoms with Gasteiger partial charge in [-0.25, -0.2) is 4.79 Å². The maximum atomic E-state index is 11.6. The average molecular weight is 307 g/mol. The molecule has 0 bridgehead atoms. The van der Waals surface area contributed by atoms with E-state index in [1.54, 1.807) is 6.07 Å². The number of benzene rings is 2. The van der Waals surface area contributed by atoms with Gasteiger partial charge >= 0.3 is 5.63 Å². The van der Waals surface area contributed by atoms with Crippen molar-refractivity contribution in [2.75, 3.05) is 18.5 Å². The van der Waals surface area contributed by atoms with Crippen LogP contribution in [0.2, 0.25) is 0 Å². The van der Waals surface area contributed by atoms with E-state index in [1.165, 1.54) is 5.56 Å². The van der Waals surface area contributed by atoms with Gasteiger partial charge in [-0.3, -0.25) is 4.79 Å². The lowest BCUT2D eigenvalue weighted by atomic mass is 10.1. The Hall–Kier alpha value is -2.88. The number of rotatable bonds is 5. The van der Waals surface area contributed by atoms with Crippen molar-refractivity contribution < 1.29 is 9.21 Å². The van der Waals surface area contributed by atoms with Crippen molar-refractivity contribution in [3.8, 4) is 0 Å². The summed E-state index contributed by atoms with van der Waals surface area (Å²) in [6, 6.07) is 17.5. The van der Waals surface area contributed by atoms with Gasteiger partial charge in [-0.15, -0.1) is 0 Å². The standard InChI is InChI=1S/C19H17NO3/c1-20(10-9-14-5-3-2-4-6-14)17-8-7-15-11-16(13-21)19(22)23-18(15)12-17/h2-8,11-13H,9-10H2,1H3. The second kappa shape index (κ2) is 6.48. The lowest BCUT2D eigenvalue weighted by Gasteiger charge is -2.19. The minimum Gasteiger partial charge on any atom is -0.422 e. The molecular weight excluding hydrogens is 290 g/mol. The van der Waals surface area contributed by atoms with Crippen LogP contribution in [0.5, 0.6) is 0 Å². The lowest BCUT2D eigenvalue weighted by molar-refractivity contribution is 0.112. The van der Waals surface area contributed by atoms with Crippen molar-refractivity contribution >= 4 is 22.9 Å².